The van der Waals surface area contributed by atoms with Gasteiger partial charge in [-0.25, -0.2) is 4.98 Å². The van der Waals surface area contributed by atoms with Crippen LogP contribution in [-0.4, -0.2) is 49.3 Å². The Hall–Kier alpha value is -1.13. The fourth-order valence-electron chi connectivity index (χ4n) is 3.46. The van der Waals surface area contributed by atoms with Gasteiger partial charge in [-0.05, 0) is 50.0 Å². The first kappa shape index (κ1) is 13.8. The molecule has 20 heavy (non-hydrogen) atoms. The van der Waals surface area contributed by atoms with E-state index < -0.39 is 0 Å². The number of hydrogen-bond acceptors (Lipinski definition) is 4. The monoisotopic (exact) mass is 275 g/mol. The van der Waals surface area contributed by atoms with Crippen LogP contribution in [0.2, 0.25) is 0 Å². The maximum atomic E-state index is 5.42. The molecule has 0 spiro atoms. The Morgan fingerprint density at radius 1 is 1.30 bits per heavy atom. The Morgan fingerprint density at radius 3 is 2.80 bits per heavy atom. The summed E-state index contributed by atoms with van der Waals surface area (Å²) in [7, 11) is 0. The molecule has 2 aliphatic heterocycles. The minimum absolute atomic E-state index is 0.574. The summed E-state index contributed by atoms with van der Waals surface area (Å²) >= 11 is 0. The van der Waals surface area contributed by atoms with Gasteiger partial charge in [-0.15, -0.1) is 0 Å². The van der Waals surface area contributed by atoms with E-state index in [1.165, 1.54) is 30.5 Å². The molecule has 3 heterocycles. The van der Waals surface area contributed by atoms with E-state index in [0.29, 0.717) is 6.04 Å². The summed E-state index contributed by atoms with van der Waals surface area (Å²) in [6.07, 6.45) is 4.67. The van der Waals surface area contributed by atoms with Crippen LogP contribution in [0.3, 0.4) is 0 Å². The van der Waals surface area contributed by atoms with Crippen LogP contribution < -0.4 is 4.90 Å². The summed E-state index contributed by atoms with van der Waals surface area (Å²) in [6, 6.07) is 2.92. The minimum atomic E-state index is 0.574. The number of likely N-dealkylation sites (tertiary alicyclic amines) is 1. The van der Waals surface area contributed by atoms with Crippen molar-refractivity contribution in [3.63, 3.8) is 0 Å². The predicted molar refractivity (Wildman–Crippen MR) is 81.2 cm³/mol. The molecule has 0 amide bonds. The zero-order valence-corrected chi connectivity index (χ0v) is 12.6. The van der Waals surface area contributed by atoms with Crippen molar-refractivity contribution in [3.8, 4) is 0 Å². The number of rotatable bonds is 3. The second-order valence-electron chi connectivity index (χ2n) is 5.80. The van der Waals surface area contributed by atoms with E-state index >= 15 is 0 Å². The highest BCUT2D eigenvalue weighted by molar-refractivity contribution is 5.48. The molecule has 1 aromatic heterocycles. The van der Waals surface area contributed by atoms with Gasteiger partial charge < -0.3 is 9.64 Å². The number of anilines is 1. The molecule has 1 atom stereocenters. The number of nitrogens with zero attached hydrogens (tertiary/aromatic N) is 3. The van der Waals surface area contributed by atoms with E-state index in [1.54, 1.807) is 0 Å². The van der Waals surface area contributed by atoms with Gasteiger partial charge in [0.2, 0.25) is 0 Å². The topological polar surface area (TPSA) is 28.6 Å². The molecule has 0 unspecified atom stereocenters. The molecule has 2 aliphatic rings. The minimum Gasteiger partial charge on any atom is -0.378 e. The van der Waals surface area contributed by atoms with E-state index in [2.05, 4.69) is 35.9 Å². The predicted octanol–water partition coefficient (Wildman–Crippen LogP) is 2.38. The Balaban J connectivity index is 1.80. The number of aryl methyl sites for hydroxylation is 1. The third kappa shape index (κ3) is 2.67. The van der Waals surface area contributed by atoms with Crippen molar-refractivity contribution >= 4 is 5.82 Å². The summed E-state index contributed by atoms with van der Waals surface area (Å²) in [5.41, 5.74) is 2.69. The molecule has 0 aromatic carbocycles. The van der Waals surface area contributed by atoms with Crippen LogP contribution in [-0.2, 0) is 4.74 Å². The van der Waals surface area contributed by atoms with Crippen molar-refractivity contribution in [1.82, 2.24) is 9.88 Å². The second-order valence-corrected chi connectivity index (χ2v) is 5.80. The smallest absolute Gasteiger partial charge is 0.131 e. The molecule has 0 N–H and O–H groups in total. The van der Waals surface area contributed by atoms with Crippen LogP contribution >= 0.6 is 0 Å². The molecule has 0 radical (unpaired) electrons. The Labute approximate surface area is 121 Å². The number of hydrogen-bond donors (Lipinski definition) is 0. The number of pyridine rings is 1. The molecule has 4 nitrogen and oxygen atoms in total. The van der Waals surface area contributed by atoms with Crippen LogP contribution in [0, 0.1) is 6.92 Å². The van der Waals surface area contributed by atoms with E-state index in [0.717, 1.165) is 38.7 Å². The molecular weight excluding hydrogens is 250 g/mol. The van der Waals surface area contributed by atoms with Crippen LogP contribution in [0.1, 0.15) is 36.9 Å². The lowest BCUT2D eigenvalue weighted by atomic mass is 10.0. The molecular formula is C16H25N3O. The van der Waals surface area contributed by atoms with Gasteiger partial charge in [-0.2, -0.15) is 0 Å². The zero-order valence-electron chi connectivity index (χ0n) is 12.6. The Bertz CT molecular complexity index is 457. The highest BCUT2D eigenvalue weighted by Gasteiger charge is 2.25. The molecule has 4 heteroatoms. The summed E-state index contributed by atoms with van der Waals surface area (Å²) in [4.78, 5) is 9.66. The van der Waals surface area contributed by atoms with Crippen LogP contribution in [0.25, 0.3) is 0 Å². The quantitative estimate of drug-likeness (QED) is 0.847. The average molecular weight is 275 g/mol. The van der Waals surface area contributed by atoms with E-state index in [9.17, 15) is 0 Å². The van der Waals surface area contributed by atoms with Crippen molar-refractivity contribution in [1.29, 1.82) is 0 Å². The van der Waals surface area contributed by atoms with Crippen molar-refractivity contribution in [3.05, 3.63) is 23.4 Å². The first-order chi connectivity index (χ1) is 9.79. The van der Waals surface area contributed by atoms with Crippen LogP contribution in [0.5, 0.6) is 0 Å². The van der Waals surface area contributed by atoms with E-state index in [1.807, 2.05) is 0 Å². The molecule has 0 aliphatic carbocycles. The van der Waals surface area contributed by atoms with E-state index in [4.69, 9.17) is 9.72 Å². The lowest BCUT2D eigenvalue weighted by molar-refractivity contribution is 0.122. The van der Waals surface area contributed by atoms with Gasteiger partial charge in [0.15, 0.2) is 0 Å². The zero-order chi connectivity index (χ0) is 13.9. The Kier molecular flexibility index (Phi) is 4.22. The first-order valence-electron chi connectivity index (χ1n) is 7.83. The number of ether oxygens (including phenoxy) is 1. The molecule has 0 bridgehead atoms. The average Bonchev–Trinajstić information content (AvgIpc) is 2.96. The van der Waals surface area contributed by atoms with Gasteiger partial charge in [0.05, 0.1) is 13.2 Å². The van der Waals surface area contributed by atoms with Crippen LogP contribution in [0.15, 0.2) is 12.3 Å². The van der Waals surface area contributed by atoms with E-state index in [-0.39, 0.29) is 0 Å². The number of morpholine rings is 1. The maximum absolute atomic E-state index is 5.42. The van der Waals surface area contributed by atoms with Crippen molar-refractivity contribution in [2.24, 2.45) is 0 Å². The fourth-order valence-corrected chi connectivity index (χ4v) is 3.46. The summed E-state index contributed by atoms with van der Waals surface area (Å²) in [5, 5.41) is 0. The van der Waals surface area contributed by atoms with Gasteiger partial charge in [-0.1, -0.05) is 6.92 Å². The molecule has 2 saturated heterocycles. The lowest BCUT2D eigenvalue weighted by Crippen LogP contribution is -2.37. The maximum Gasteiger partial charge on any atom is 0.131 e. The lowest BCUT2D eigenvalue weighted by Gasteiger charge is -2.30. The largest absolute Gasteiger partial charge is 0.378 e. The van der Waals surface area contributed by atoms with Gasteiger partial charge in [-0.3, -0.25) is 4.90 Å². The van der Waals surface area contributed by atoms with Gasteiger partial charge in [0, 0.05) is 25.3 Å². The second kappa shape index (κ2) is 6.10. The Morgan fingerprint density at radius 2 is 2.10 bits per heavy atom. The van der Waals surface area contributed by atoms with Crippen molar-refractivity contribution in [2.45, 2.75) is 32.7 Å². The van der Waals surface area contributed by atoms with Crippen molar-refractivity contribution < 1.29 is 4.74 Å². The summed E-state index contributed by atoms with van der Waals surface area (Å²) < 4.78 is 5.42. The SMILES string of the molecule is CCN1CCC[C@@H]1c1cnc(N2CCOCC2)c(C)c1. The summed E-state index contributed by atoms with van der Waals surface area (Å²) in [6.45, 7) is 10.3. The molecule has 3 rings (SSSR count). The van der Waals surface area contributed by atoms with Crippen molar-refractivity contribution in [2.75, 3.05) is 44.3 Å². The highest BCUT2D eigenvalue weighted by Crippen LogP contribution is 2.32. The molecule has 0 saturated carbocycles. The molecule has 2 fully saturated rings. The van der Waals surface area contributed by atoms with Gasteiger partial charge in [0.1, 0.15) is 5.82 Å². The highest BCUT2D eigenvalue weighted by atomic mass is 16.5. The standard InChI is InChI=1S/C16H25N3O/c1-3-18-6-4-5-15(18)14-11-13(2)16(17-12-14)19-7-9-20-10-8-19/h11-12,15H,3-10H2,1-2H3/t15-/m1/s1. The van der Waals surface area contributed by atoms with Gasteiger partial charge in [0.25, 0.3) is 0 Å². The first-order valence-corrected chi connectivity index (χ1v) is 7.83. The third-order valence-electron chi connectivity index (χ3n) is 4.54. The van der Waals surface area contributed by atoms with Crippen LogP contribution in [0.4, 0.5) is 5.82 Å². The number of aromatic nitrogens is 1. The van der Waals surface area contributed by atoms with Gasteiger partial charge >= 0.3 is 0 Å². The normalized spacial score (nSPS) is 24.3. The summed E-state index contributed by atoms with van der Waals surface area (Å²) in [5.74, 6) is 1.14. The fraction of sp³-hybridized carbons (Fsp3) is 0.688. The molecule has 1 aromatic rings. The molecule has 110 valence electrons. The third-order valence-corrected chi connectivity index (χ3v) is 4.54.